The molecular weight excluding hydrogens is 343 g/mol. The minimum absolute atomic E-state index is 0.0661. The zero-order valence-corrected chi connectivity index (χ0v) is 12.7. The van der Waals surface area contributed by atoms with E-state index in [9.17, 15) is 4.79 Å². The van der Waals surface area contributed by atoms with Crippen LogP contribution < -0.4 is 0 Å². The van der Waals surface area contributed by atoms with Gasteiger partial charge in [0.1, 0.15) is 0 Å². The second kappa shape index (κ2) is 5.31. The third-order valence-electron chi connectivity index (χ3n) is 2.51. The van der Waals surface area contributed by atoms with Crippen molar-refractivity contribution in [2.24, 2.45) is 5.92 Å². The molecule has 0 atom stereocenters. The number of benzene rings is 1. The fourth-order valence-electron chi connectivity index (χ4n) is 1.56. The van der Waals surface area contributed by atoms with Gasteiger partial charge in [-0.3, -0.25) is 4.79 Å². The smallest absolute Gasteiger partial charge is 0.175 e. The summed E-state index contributed by atoms with van der Waals surface area (Å²) in [5.74, 6) is 0.295. The van der Waals surface area contributed by atoms with Crippen molar-refractivity contribution in [1.29, 1.82) is 0 Å². The number of carbonyl (C=O) groups excluding carboxylic acids is 1. The molecule has 2 rings (SSSR count). The van der Waals surface area contributed by atoms with Crippen molar-refractivity contribution in [2.75, 3.05) is 0 Å². The molecule has 0 radical (unpaired) electrons. The molecule has 0 N–H and O–H groups in total. The van der Waals surface area contributed by atoms with E-state index in [1.807, 2.05) is 38.1 Å². The van der Waals surface area contributed by atoms with E-state index in [1.165, 1.54) is 14.0 Å². The first-order chi connectivity index (χ1) is 8.09. The quantitative estimate of drug-likeness (QED) is 0.567. The minimum Gasteiger partial charge on any atom is -0.293 e. The van der Waals surface area contributed by atoms with Crippen LogP contribution in [0.15, 0.2) is 36.4 Å². The zero-order chi connectivity index (χ0) is 12.4. The number of ketones is 1. The van der Waals surface area contributed by atoms with E-state index in [2.05, 4.69) is 34.7 Å². The highest BCUT2D eigenvalue weighted by Gasteiger charge is 2.14. The second-order valence-electron chi connectivity index (χ2n) is 4.16. The van der Waals surface area contributed by atoms with Gasteiger partial charge in [0.15, 0.2) is 5.78 Å². The highest BCUT2D eigenvalue weighted by molar-refractivity contribution is 14.1. The van der Waals surface area contributed by atoms with Gasteiger partial charge in [-0.2, -0.15) is 0 Å². The Morgan fingerprint density at radius 2 is 1.88 bits per heavy atom. The predicted molar refractivity (Wildman–Crippen MR) is 81.6 cm³/mol. The minimum atomic E-state index is 0.0661. The normalized spacial score (nSPS) is 10.8. The predicted octanol–water partition coefficient (Wildman–Crippen LogP) is 4.86. The average Bonchev–Trinajstić information content (AvgIpc) is 2.77. The van der Waals surface area contributed by atoms with Crippen LogP contribution in [-0.4, -0.2) is 5.78 Å². The Kier molecular flexibility index (Phi) is 3.99. The molecule has 88 valence electrons. The first-order valence-electron chi connectivity index (χ1n) is 5.48. The van der Waals surface area contributed by atoms with Gasteiger partial charge in [-0.05, 0) is 40.8 Å². The molecule has 0 unspecified atom stereocenters. The molecule has 1 nitrogen and oxygen atoms in total. The molecule has 0 saturated carbocycles. The average molecular weight is 356 g/mol. The summed E-state index contributed by atoms with van der Waals surface area (Å²) >= 11 is 3.91. The number of Topliss-reactive ketones (excluding diaryl/α,β-unsaturated/α-hetero) is 1. The molecule has 0 fully saturated rings. The molecule has 17 heavy (non-hydrogen) atoms. The molecule has 3 heteroatoms. The lowest BCUT2D eigenvalue weighted by molar-refractivity contribution is 0.0943. The molecule has 0 saturated heterocycles. The van der Waals surface area contributed by atoms with Gasteiger partial charge in [-0.1, -0.05) is 32.0 Å². The summed E-state index contributed by atoms with van der Waals surface area (Å²) in [4.78, 5) is 13.9. The fourth-order valence-corrected chi connectivity index (χ4v) is 3.55. The van der Waals surface area contributed by atoms with Gasteiger partial charge in [-0.15, -0.1) is 11.3 Å². The van der Waals surface area contributed by atoms with Crippen molar-refractivity contribution in [2.45, 2.75) is 13.8 Å². The lowest BCUT2D eigenvalue weighted by Gasteiger charge is -2.01. The SMILES string of the molecule is CC(C)C(=O)c1ccc(-c2ccccc2I)s1. The largest absolute Gasteiger partial charge is 0.293 e. The van der Waals surface area contributed by atoms with Crippen molar-refractivity contribution in [3.05, 3.63) is 44.8 Å². The van der Waals surface area contributed by atoms with Crippen molar-refractivity contribution in [1.82, 2.24) is 0 Å². The van der Waals surface area contributed by atoms with E-state index in [1.54, 1.807) is 11.3 Å². The summed E-state index contributed by atoms with van der Waals surface area (Å²) in [5, 5.41) is 0. The Bertz CT molecular complexity index is 543. The summed E-state index contributed by atoms with van der Waals surface area (Å²) in [6.45, 7) is 3.88. The maximum atomic E-state index is 11.9. The third-order valence-corrected chi connectivity index (χ3v) is 4.59. The summed E-state index contributed by atoms with van der Waals surface area (Å²) in [7, 11) is 0. The number of halogens is 1. The standard InChI is InChI=1S/C14H13IOS/c1-9(2)14(16)13-8-7-12(17-13)10-5-3-4-6-11(10)15/h3-9H,1-2H3. The molecular formula is C14H13IOS. The summed E-state index contributed by atoms with van der Waals surface area (Å²) < 4.78 is 1.22. The van der Waals surface area contributed by atoms with E-state index in [4.69, 9.17) is 0 Å². The Labute approximate surface area is 119 Å². The number of thiophene rings is 1. The molecule has 1 aromatic heterocycles. The van der Waals surface area contributed by atoms with Gasteiger partial charge in [-0.25, -0.2) is 0 Å². The van der Waals surface area contributed by atoms with Gasteiger partial charge in [0.05, 0.1) is 4.88 Å². The van der Waals surface area contributed by atoms with Gasteiger partial charge in [0.2, 0.25) is 0 Å². The summed E-state index contributed by atoms with van der Waals surface area (Å²) in [6.07, 6.45) is 0. The lowest BCUT2D eigenvalue weighted by atomic mass is 10.1. The molecule has 1 heterocycles. The maximum Gasteiger partial charge on any atom is 0.175 e. The third kappa shape index (κ3) is 2.77. The van der Waals surface area contributed by atoms with E-state index < -0.39 is 0 Å². The number of rotatable bonds is 3. The van der Waals surface area contributed by atoms with Crippen LogP contribution in [0.25, 0.3) is 10.4 Å². The van der Waals surface area contributed by atoms with Crippen molar-refractivity contribution in [3.63, 3.8) is 0 Å². The Hall–Kier alpha value is -0.680. The topological polar surface area (TPSA) is 17.1 Å². The Balaban J connectivity index is 2.37. The van der Waals surface area contributed by atoms with E-state index in [-0.39, 0.29) is 11.7 Å². The molecule has 0 aliphatic carbocycles. The van der Waals surface area contributed by atoms with Gasteiger partial charge in [0, 0.05) is 19.9 Å². The number of carbonyl (C=O) groups is 1. The molecule has 0 bridgehead atoms. The number of hydrogen-bond donors (Lipinski definition) is 0. The first kappa shape index (κ1) is 12.8. The van der Waals surface area contributed by atoms with E-state index >= 15 is 0 Å². The highest BCUT2D eigenvalue weighted by Crippen LogP contribution is 2.32. The monoisotopic (exact) mass is 356 g/mol. The second-order valence-corrected chi connectivity index (χ2v) is 6.41. The summed E-state index contributed by atoms with van der Waals surface area (Å²) in [6, 6.07) is 12.2. The van der Waals surface area contributed by atoms with Crippen LogP contribution in [0.4, 0.5) is 0 Å². The highest BCUT2D eigenvalue weighted by atomic mass is 127. The van der Waals surface area contributed by atoms with Crippen molar-refractivity contribution >= 4 is 39.7 Å². The lowest BCUT2D eigenvalue weighted by Crippen LogP contribution is -2.04. The first-order valence-corrected chi connectivity index (χ1v) is 7.38. The Morgan fingerprint density at radius 3 is 2.53 bits per heavy atom. The number of hydrogen-bond acceptors (Lipinski definition) is 2. The van der Waals surface area contributed by atoms with E-state index in [0.29, 0.717) is 0 Å². The molecule has 1 aromatic carbocycles. The van der Waals surface area contributed by atoms with Gasteiger partial charge >= 0.3 is 0 Å². The Morgan fingerprint density at radius 1 is 1.18 bits per heavy atom. The van der Waals surface area contributed by atoms with Gasteiger partial charge < -0.3 is 0 Å². The van der Waals surface area contributed by atoms with Gasteiger partial charge in [0.25, 0.3) is 0 Å². The molecule has 0 aliphatic heterocycles. The van der Waals surface area contributed by atoms with Crippen molar-refractivity contribution < 1.29 is 4.79 Å². The fraction of sp³-hybridized carbons (Fsp3) is 0.214. The van der Waals surface area contributed by atoms with Crippen LogP contribution >= 0.6 is 33.9 Å². The maximum absolute atomic E-state index is 11.9. The van der Waals surface area contributed by atoms with E-state index in [0.717, 1.165) is 4.88 Å². The molecule has 0 amide bonds. The molecule has 2 aromatic rings. The molecule has 0 aliphatic rings. The zero-order valence-electron chi connectivity index (χ0n) is 9.74. The van der Waals surface area contributed by atoms with Crippen LogP contribution in [0.3, 0.4) is 0 Å². The van der Waals surface area contributed by atoms with Crippen LogP contribution in [0.2, 0.25) is 0 Å². The molecule has 0 spiro atoms. The van der Waals surface area contributed by atoms with Crippen molar-refractivity contribution in [3.8, 4) is 10.4 Å². The van der Waals surface area contributed by atoms with Crippen LogP contribution in [0, 0.1) is 9.49 Å². The van der Waals surface area contributed by atoms with Crippen LogP contribution in [-0.2, 0) is 0 Å². The van der Waals surface area contributed by atoms with Crippen LogP contribution in [0.5, 0.6) is 0 Å². The van der Waals surface area contributed by atoms with Crippen LogP contribution in [0.1, 0.15) is 23.5 Å². The summed E-state index contributed by atoms with van der Waals surface area (Å²) in [5.41, 5.74) is 1.21.